The Balaban J connectivity index is 2.62. The molecule has 1 aromatic rings. The zero-order valence-corrected chi connectivity index (χ0v) is 8.82. The third-order valence-corrected chi connectivity index (χ3v) is 2.92. The van der Waals surface area contributed by atoms with E-state index in [0.717, 1.165) is 22.3 Å². The van der Waals surface area contributed by atoms with Gasteiger partial charge in [-0.1, -0.05) is 39.7 Å². The van der Waals surface area contributed by atoms with E-state index in [1.54, 1.807) is 0 Å². The maximum Gasteiger partial charge on any atom is 0.0420 e. The monoisotopic (exact) mass is 242 g/mol. The van der Waals surface area contributed by atoms with Crippen LogP contribution in [0.1, 0.15) is 17.5 Å². The normalized spacial score (nSPS) is 14.5. The van der Waals surface area contributed by atoms with Gasteiger partial charge < -0.3 is 0 Å². The fraction of sp³-hybridized carbons (Fsp3) is 0.200. The molecule has 2 rings (SSSR count). The van der Waals surface area contributed by atoms with E-state index in [0.29, 0.717) is 0 Å². The van der Waals surface area contributed by atoms with Crippen molar-refractivity contribution >= 4 is 33.6 Å². The van der Waals surface area contributed by atoms with E-state index in [9.17, 15) is 0 Å². The molecule has 1 aliphatic carbocycles. The second-order valence-corrected chi connectivity index (χ2v) is 4.19. The van der Waals surface area contributed by atoms with Gasteiger partial charge in [-0.15, -0.1) is 0 Å². The maximum absolute atomic E-state index is 5.93. The van der Waals surface area contributed by atoms with Crippen molar-refractivity contribution in [2.24, 2.45) is 0 Å². The summed E-state index contributed by atoms with van der Waals surface area (Å²) in [5.74, 6) is 0. The van der Waals surface area contributed by atoms with Crippen LogP contribution in [-0.4, -0.2) is 0 Å². The van der Waals surface area contributed by atoms with E-state index >= 15 is 0 Å². The highest BCUT2D eigenvalue weighted by Gasteiger charge is 2.08. The average Bonchev–Trinajstić information content (AvgIpc) is 2.04. The van der Waals surface area contributed by atoms with Gasteiger partial charge in [0.15, 0.2) is 0 Å². The summed E-state index contributed by atoms with van der Waals surface area (Å²) < 4.78 is 1.10. The summed E-state index contributed by atoms with van der Waals surface area (Å²) in [6.45, 7) is 0. The Bertz CT molecular complexity index is 342. The molecule has 0 atom stereocenters. The highest BCUT2D eigenvalue weighted by molar-refractivity contribution is 9.10. The van der Waals surface area contributed by atoms with Gasteiger partial charge in [0.1, 0.15) is 0 Å². The van der Waals surface area contributed by atoms with Crippen LogP contribution in [0.25, 0.3) is 6.08 Å². The predicted molar refractivity (Wildman–Crippen MR) is 56.5 cm³/mol. The molecule has 0 bridgehead atoms. The number of benzene rings is 1. The van der Waals surface area contributed by atoms with Crippen LogP contribution in [0.15, 0.2) is 22.7 Å². The van der Waals surface area contributed by atoms with E-state index in [4.69, 9.17) is 11.6 Å². The molecule has 0 fully saturated rings. The van der Waals surface area contributed by atoms with Crippen molar-refractivity contribution in [3.63, 3.8) is 0 Å². The average molecular weight is 244 g/mol. The molecule has 0 radical (unpaired) electrons. The van der Waals surface area contributed by atoms with Crippen molar-refractivity contribution in [2.45, 2.75) is 12.8 Å². The molecule has 1 aromatic carbocycles. The Kier molecular flexibility index (Phi) is 2.24. The summed E-state index contributed by atoms with van der Waals surface area (Å²) in [5, 5.41) is 0.816. The first kappa shape index (κ1) is 8.33. The van der Waals surface area contributed by atoms with Crippen LogP contribution >= 0.6 is 27.5 Å². The summed E-state index contributed by atoms with van der Waals surface area (Å²) in [5.41, 5.74) is 2.63. The van der Waals surface area contributed by atoms with Crippen molar-refractivity contribution in [3.8, 4) is 0 Å². The molecule has 0 N–H and O–H groups in total. The van der Waals surface area contributed by atoms with Crippen LogP contribution in [0.2, 0.25) is 5.02 Å². The van der Waals surface area contributed by atoms with Crippen molar-refractivity contribution in [1.82, 2.24) is 0 Å². The summed E-state index contributed by atoms with van der Waals surface area (Å²) >= 11 is 9.42. The predicted octanol–water partition coefficient (Wildman–Crippen LogP) is 4.06. The molecule has 1 aliphatic rings. The largest absolute Gasteiger partial charge is 0.0843 e. The lowest BCUT2D eigenvalue weighted by Gasteiger charge is -2.12. The van der Waals surface area contributed by atoms with Crippen LogP contribution < -0.4 is 0 Å². The zero-order chi connectivity index (χ0) is 8.55. The van der Waals surface area contributed by atoms with Crippen molar-refractivity contribution in [2.75, 3.05) is 0 Å². The number of hydrogen-bond acceptors (Lipinski definition) is 0. The first-order valence-corrected chi connectivity index (χ1v) is 5.09. The van der Waals surface area contributed by atoms with Crippen molar-refractivity contribution in [3.05, 3.63) is 38.8 Å². The fourth-order valence-electron chi connectivity index (χ4n) is 1.47. The second kappa shape index (κ2) is 3.23. The summed E-state index contributed by atoms with van der Waals surface area (Å²) in [6, 6.07) is 3.99. The highest BCUT2D eigenvalue weighted by Crippen LogP contribution is 2.30. The number of fused-ring (bicyclic) bond motifs is 1. The topological polar surface area (TPSA) is 0 Å². The Morgan fingerprint density at radius 3 is 3.00 bits per heavy atom. The van der Waals surface area contributed by atoms with E-state index in [-0.39, 0.29) is 0 Å². The van der Waals surface area contributed by atoms with Gasteiger partial charge in [0, 0.05) is 9.50 Å². The molecular weight excluding hydrogens is 235 g/mol. The number of rotatable bonds is 0. The Labute approximate surface area is 85.4 Å². The van der Waals surface area contributed by atoms with E-state index in [1.165, 1.54) is 11.1 Å². The third-order valence-electron chi connectivity index (χ3n) is 2.04. The maximum atomic E-state index is 5.93. The molecule has 0 saturated heterocycles. The standard InChI is InChI=1S/C10H8BrCl/c11-10-6-8(12)5-7-3-1-2-4-9(7)10/h2,4-6H,1,3H2. The van der Waals surface area contributed by atoms with E-state index in [2.05, 4.69) is 28.1 Å². The lowest BCUT2D eigenvalue weighted by Crippen LogP contribution is -1.94. The SMILES string of the molecule is Clc1cc(Br)c2c(c1)CCC=C2. The van der Waals surface area contributed by atoms with Gasteiger partial charge >= 0.3 is 0 Å². The molecule has 0 nitrogen and oxygen atoms in total. The van der Waals surface area contributed by atoms with Crippen molar-refractivity contribution in [1.29, 1.82) is 0 Å². The Morgan fingerprint density at radius 2 is 2.17 bits per heavy atom. The summed E-state index contributed by atoms with van der Waals surface area (Å²) in [4.78, 5) is 0. The van der Waals surface area contributed by atoms with Crippen LogP contribution in [0.5, 0.6) is 0 Å². The molecule has 2 heteroatoms. The van der Waals surface area contributed by atoms with Gasteiger partial charge in [-0.25, -0.2) is 0 Å². The second-order valence-electron chi connectivity index (χ2n) is 2.90. The first-order chi connectivity index (χ1) is 5.77. The lowest BCUT2D eigenvalue weighted by atomic mass is 9.98. The van der Waals surface area contributed by atoms with Crippen molar-refractivity contribution < 1.29 is 0 Å². The minimum atomic E-state index is 0.816. The lowest BCUT2D eigenvalue weighted by molar-refractivity contribution is 0.983. The van der Waals surface area contributed by atoms with Gasteiger partial charge in [-0.3, -0.25) is 0 Å². The van der Waals surface area contributed by atoms with Gasteiger partial charge in [0.2, 0.25) is 0 Å². The number of allylic oxidation sites excluding steroid dienone is 1. The smallest absolute Gasteiger partial charge is 0.0420 e. The van der Waals surface area contributed by atoms with Gasteiger partial charge in [-0.2, -0.15) is 0 Å². The Hall–Kier alpha value is -0.270. The van der Waals surface area contributed by atoms with E-state index in [1.807, 2.05) is 12.1 Å². The molecule has 0 saturated carbocycles. The van der Waals surface area contributed by atoms with Gasteiger partial charge in [0.05, 0.1) is 0 Å². The van der Waals surface area contributed by atoms with E-state index < -0.39 is 0 Å². The molecule has 0 unspecified atom stereocenters. The zero-order valence-electron chi connectivity index (χ0n) is 6.48. The molecule has 0 aliphatic heterocycles. The highest BCUT2D eigenvalue weighted by atomic mass is 79.9. The number of halogens is 2. The van der Waals surface area contributed by atoms with Gasteiger partial charge in [-0.05, 0) is 36.1 Å². The molecule has 12 heavy (non-hydrogen) atoms. The van der Waals surface area contributed by atoms with Crippen LogP contribution in [0, 0.1) is 0 Å². The van der Waals surface area contributed by atoms with Crippen LogP contribution in [0.3, 0.4) is 0 Å². The number of aryl methyl sites for hydroxylation is 1. The molecule has 0 amide bonds. The van der Waals surface area contributed by atoms with Crippen LogP contribution in [-0.2, 0) is 6.42 Å². The third kappa shape index (κ3) is 1.44. The molecule has 0 spiro atoms. The Morgan fingerprint density at radius 1 is 1.33 bits per heavy atom. The summed E-state index contributed by atoms with van der Waals surface area (Å²) in [7, 11) is 0. The molecule has 0 aromatic heterocycles. The molecule has 0 heterocycles. The van der Waals surface area contributed by atoms with Crippen LogP contribution in [0.4, 0.5) is 0 Å². The fourth-order valence-corrected chi connectivity index (χ4v) is 2.48. The minimum Gasteiger partial charge on any atom is -0.0843 e. The number of hydrogen-bond donors (Lipinski definition) is 0. The first-order valence-electron chi connectivity index (χ1n) is 3.92. The minimum absolute atomic E-state index is 0.816. The molecule has 62 valence electrons. The quantitative estimate of drug-likeness (QED) is 0.644. The van der Waals surface area contributed by atoms with Gasteiger partial charge in [0.25, 0.3) is 0 Å². The summed E-state index contributed by atoms with van der Waals surface area (Å²) in [6.07, 6.45) is 6.57. The molecular formula is C10H8BrCl.